The van der Waals surface area contributed by atoms with E-state index in [9.17, 15) is 5.11 Å². The molecule has 2 aliphatic rings. The number of aliphatic hydroxyl groups is 1. The Morgan fingerprint density at radius 2 is 1.71 bits per heavy atom. The summed E-state index contributed by atoms with van der Waals surface area (Å²) in [6.07, 6.45) is 11.1. The molecule has 0 aliphatic heterocycles. The Bertz CT molecular complexity index is 227. The summed E-state index contributed by atoms with van der Waals surface area (Å²) in [5.41, 5.74) is 6.08. The van der Waals surface area contributed by atoms with Crippen molar-refractivity contribution in [3.8, 4) is 0 Å². The van der Waals surface area contributed by atoms with E-state index in [4.69, 9.17) is 5.73 Å². The van der Waals surface area contributed by atoms with Crippen LogP contribution in [0.5, 0.6) is 0 Å². The van der Waals surface area contributed by atoms with Crippen LogP contribution in [0.15, 0.2) is 0 Å². The predicted molar refractivity (Wildman–Crippen MR) is 71.7 cm³/mol. The molecule has 0 radical (unpaired) electrons. The third-order valence-electron chi connectivity index (χ3n) is 5.40. The predicted octanol–water partition coefficient (Wildman–Crippen LogP) is 3.08. The first-order valence-electron chi connectivity index (χ1n) is 7.56. The van der Waals surface area contributed by atoms with Gasteiger partial charge in [0, 0.05) is 12.0 Å². The van der Waals surface area contributed by atoms with E-state index in [1.807, 2.05) is 0 Å². The lowest BCUT2D eigenvalue weighted by molar-refractivity contribution is -0.0523. The first kappa shape index (κ1) is 13.4. The van der Waals surface area contributed by atoms with E-state index < -0.39 is 0 Å². The third-order valence-corrected chi connectivity index (χ3v) is 5.40. The highest BCUT2D eigenvalue weighted by Crippen LogP contribution is 2.45. The zero-order valence-electron chi connectivity index (χ0n) is 11.3. The van der Waals surface area contributed by atoms with Crippen LogP contribution in [-0.2, 0) is 0 Å². The van der Waals surface area contributed by atoms with E-state index in [1.54, 1.807) is 0 Å². The number of rotatable bonds is 3. The molecule has 1 unspecified atom stereocenters. The van der Waals surface area contributed by atoms with Crippen molar-refractivity contribution in [3.05, 3.63) is 0 Å². The fraction of sp³-hybridized carbons (Fsp3) is 1.00. The molecule has 2 heteroatoms. The van der Waals surface area contributed by atoms with Gasteiger partial charge in [-0.15, -0.1) is 0 Å². The molecule has 0 saturated heterocycles. The van der Waals surface area contributed by atoms with Gasteiger partial charge in [0.2, 0.25) is 0 Å². The first-order chi connectivity index (χ1) is 8.18. The molecule has 0 heterocycles. The maximum Gasteiger partial charge on any atom is 0.0636 e. The van der Waals surface area contributed by atoms with Gasteiger partial charge in [-0.3, -0.25) is 0 Å². The van der Waals surface area contributed by atoms with Gasteiger partial charge in [-0.1, -0.05) is 39.0 Å². The summed E-state index contributed by atoms with van der Waals surface area (Å²) in [7, 11) is 0. The monoisotopic (exact) mass is 239 g/mol. The van der Waals surface area contributed by atoms with Gasteiger partial charge >= 0.3 is 0 Å². The van der Waals surface area contributed by atoms with Crippen molar-refractivity contribution in [1.82, 2.24) is 0 Å². The minimum atomic E-state index is -0.139. The Morgan fingerprint density at radius 1 is 1.12 bits per heavy atom. The molecular formula is C15H29NO. The van der Waals surface area contributed by atoms with E-state index in [0.717, 1.165) is 18.8 Å². The Labute approximate surface area is 106 Å². The Morgan fingerprint density at radius 3 is 2.24 bits per heavy atom. The minimum Gasteiger partial charge on any atom is -0.392 e. The summed E-state index contributed by atoms with van der Waals surface area (Å²) in [6.45, 7) is 3.00. The normalized spacial score (nSPS) is 37.9. The molecule has 2 fully saturated rings. The van der Waals surface area contributed by atoms with Gasteiger partial charge in [-0.2, -0.15) is 0 Å². The SMILES string of the molecule is CC1CCC(CN)(C(O)C2CCCCC2)CC1. The standard InChI is InChI=1S/C15H29NO/c1-12-7-9-15(11-16,10-8-12)14(17)13-5-3-2-4-6-13/h12-14,17H,2-11,16H2,1H3. The van der Waals surface area contributed by atoms with Crippen LogP contribution in [0.4, 0.5) is 0 Å². The molecule has 0 aromatic carbocycles. The van der Waals surface area contributed by atoms with Gasteiger partial charge in [0.05, 0.1) is 6.10 Å². The molecule has 100 valence electrons. The summed E-state index contributed by atoms with van der Waals surface area (Å²) in [5.74, 6) is 1.36. The summed E-state index contributed by atoms with van der Waals surface area (Å²) in [6, 6.07) is 0. The van der Waals surface area contributed by atoms with Crippen molar-refractivity contribution < 1.29 is 5.11 Å². The molecule has 0 aromatic rings. The highest BCUT2D eigenvalue weighted by atomic mass is 16.3. The van der Waals surface area contributed by atoms with Crippen LogP contribution in [0.1, 0.15) is 64.7 Å². The molecule has 0 aromatic heterocycles. The van der Waals surface area contributed by atoms with Crippen LogP contribution >= 0.6 is 0 Å². The molecule has 2 saturated carbocycles. The summed E-state index contributed by atoms with van der Waals surface area (Å²) >= 11 is 0. The summed E-state index contributed by atoms with van der Waals surface area (Å²) in [4.78, 5) is 0. The number of hydrogen-bond donors (Lipinski definition) is 2. The van der Waals surface area contributed by atoms with E-state index in [-0.39, 0.29) is 11.5 Å². The smallest absolute Gasteiger partial charge is 0.0636 e. The number of aliphatic hydroxyl groups excluding tert-OH is 1. The van der Waals surface area contributed by atoms with Crippen LogP contribution < -0.4 is 5.73 Å². The Hall–Kier alpha value is -0.0800. The lowest BCUT2D eigenvalue weighted by Crippen LogP contribution is -2.48. The quantitative estimate of drug-likeness (QED) is 0.795. The minimum absolute atomic E-state index is 0.0501. The van der Waals surface area contributed by atoms with Crippen LogP contribution in [0.3, 0.4) is 0 Å². The maximum atomic E-state index is 10.8. The molecule has 0 amide bonds. The molecule has 0 spiro atoms. The van der Waals surface area contributed by atoms with Gasteiger partial charge < -0.3 is 10.8 Å². The van der Waals surface area contributed by atoms with Crippen LogP contribution in [-0.4, -0.2) is 17.8 Å². The van der Waals surface area contributed by atoms with Gasteiger partial charge in [-0.25, -0.2) is 0 Å². The average molecular weight is 239 g/mol. The number of hydrogen-bond acceptors (Lipinski definition) is 2. The highest BCUT2D eigenvalue weighted by molar-refractivity contribution is 4.94. The average Bonchev–Trinajstić information content (AvgIpc) is 2.40. The first-order valence-corrected chi connectivity index (χ1v) is 7.56. The molecule has 0 bridgehead atoms. The fourth-order valence-electron chi connectivity index (χ4n) is 3.91. The van der Waals surface area contributed by atoms with Crippen molar-refractivity contribution in [2.24, 2.45) is 23.0 Å². The van der Waals surface area contributed by atoms with E-state index in [1.165, 1.54) is 44.9 Å². The van der Waals surface area contributed by atoms with E-state index >= 15 is 0 Å². The van der Waals surface area contributed by atoms with Crippen LogP contribution in [0.25, 0.3) is 0 Å². The molecule has 2 aliphatic carbocycles. The zero-order chi connectivity index (χ0) is 12.3. The van der Waals surface area contributed by atoms with Crippen molar-refractivity contribution in [2.45, 2.75) is 70.8 Å². The van der Waals surface area contributed by atoms with Gasteiger partial charge in [0.15, 0.2) is 0 Å². The van der Waals surface area contributed by atoms with Crippen molar-refractivity contribution in [2.75, 3.05) is 6.54 Å². The third kappa shape index (κ3) is 2.85. The van der Waals surface area contributed by atoms with Crippen molar-refractivity contribution >= 4 is 0 Å². The van der Waals surface area contributed by atoms with Crippen LogP contribution in [0.2, 0.25) is 0 Å². The van der Waals surface area contributed by atoms with Gasteiger partial charge in [0.25, 0.3) is 0 Å². The largest absolute Gasteiger partial charge is 0.392 e. The second-order valence-electron chi connectivity index (χ2n) is 6.59. The lowest BCUT2D eigenvalue weighted by atomic mass is 9.63. The molecule has 2 nitrogen and oxygen atoms in total. The Kier molecular flexibility index (Phi) is 4.48. The van der Waals surface area contributed by atoms with Crippen molar-refractivity contribution in [3.63, 3.8) is 0 Å². The topological polar surface area (TPSA) is 46.2 Å². The molecule has 2 rings (SSSR count). The second-order valence-corrected chi connectivity index (χ2v) is 6.59. The molecule has 17 heavy (non-hydrogen) atoms. The van der Waals surface area contributed by atoms with Gasteiger partial charge in [0.1, 0.15) is 0 Å². The van der Waals surface area contributed by atoms with Gasteiger partial charge in [-0.05, 0) is 37.5 Å². The highest BCUT2D eigenvalue weighted by Gasteiger charge is 2.42. The van der Waals surface area contributed by atoms with E-state index in [2.05, 4.69) is 6.92 Å². The molecule has 1 atom stereocenters. The number of nitrogens with two attached hydrogens (primary N) is 1. The lowest BCUT2D eigenvalue weighted by Gasteiger charge is -2.45. The zero-order valence-corrected chi connectivity index (χ0v) is 11.3. The molecular weight excluding hydrogens is 210 g/mol. The Balaban J connectivity index is 2.00. The second kappa shape index (κ2) is 5.71. The maximum absolute atomic E-state index is 10.8. The van der Waals surface area contributed by atoms with Crippen molar-refractivity contribution in [1.29, 1.82) is 0 Å². The van der Waals surface area contributed by atoms with E-state index in [0.29, 0.717) is 12.5 Å². The van der Waals surface area contributed by atoms with Crippen LogP contribution in [0, 0.1) is 17.3 Å². The summed E-state index contributed by atoms with van der Waals surface area (Å²) < 4.78 is 0. The summed E-state index contributed by atoms with van der Waals surface area (Å²) in [5, 5.41) is 10.8. The fourth-order valence-corrected chi connectivity index (χ4v) is 3.91. The molecule has 3 N–H and O–H groups in total.